The average molecular weight is 512 g/mol. The lowest BCUT2D eigenvalue weighted by molar-refractivity contribution is 0.228. The second-order valence-corrected chi connectivity index (χ2v) is 9.53. The van der Waals surface area contributed by atoms with E-state index in [9.17, 15) is 23.4 Å². The molecule has 2 N–H and O–H groups in total. The van der Waals surface area contributed by atoms with Gasteiger partial charge in [0.05, 0.1) is 6.67 Å². The summed E-state index contributed by atoms with van der Waals surface area (Å²) in [7, 11) is 0. The smallest absolute Gasteiger partial charge is 0.167 e. The van der Waals surface area contributed by atoms with Crippen LogP contribution in [0.5, 0.6) is 23.0 Å². The maximum Gasteiger partial charge on any atom is 0.167 e. The van der Waals surface area contributed by atoms with E-state index in [1.54, 1.807) is 25.1 Å². The fraction of sp³-hybridized carbons (Fsp3) is 0.310. The van der Waals surface area contributed by atoms with Gasteiger partial charge in [-0.05, 0) is 67.4 Å². The number of hydrogen-bond acceptors (Lipinski definition) is 5. The van der Waals surface area contributed by atoms with E-state index < -0.39 is 23.5 Å². The summed E-state index contributed by atoms with van der Waals surface area (Å²) in [5.74, 6) is -1.26. The summed E-state index contributed by atoms with van der Waals surface area (Å²) in [6.45, 7) is 4.30. The first-order valence-corrected chi connectivity index (χ1v) is 12.2. The molecule has 1 saturated heterocycles. The molecular weight excluding hydrogens is 483 g/mol. The van der Waals surface area contributed by atoms with Crippen molar-refractivity contribution < 1.29 is 32.9 Å². The molecule has 0 radical (unpaired) electrons. The Hall–Kier alpha value is -3.65. The molecule has 0 saturated carbocycles. The van der Waals surface area contributed by atoms with Crippen molar-refractivity contribution in [2.75, 3.05) is 32.9 Å². The van der Waals surface area contributed by atoms with Crippen molar-refractivity contribution in [1.29, 1.82) is 0 Å². The van der Waals surface area contributed by atoms with E-state index >= 15 is 0 Å². The molecule has 2 aliphatic heterocycles. The second-order valence-electron chi connectivity index (χ2n) is 9.53. The van der Waals surface area contributed by atoms with Gasteiger partial charge in [0.2, 0.25) is 0 Å². The van der Waals surface area contributed by atoms with Gasteiger partial charge in [0.1, 0.15) is 35.8 Å². The topological polar surface area (TPSA) is 62.2 Å². The van der Waals surface area contributed by atoms with Crippen molar-refractivity contribution in [3.05, 3.63) is 82.9 Å². The molecule has 5 nitrogen and oxygen atoms in total. The third kappa shape index (κ3) is 5.11. The van der Waals surface area contributed by atoms with Crippen LogP contribution in [0, 0.1) is 17.6 Å². The van der Waals surface area contributed by atoms with E-state index in [1.165, 1.54) is 12.1 Å². The van der Waals surface area contributed by atoms with Crippen molar-refractivity contribution >= 4 is 11.1 Å². The van der Waals surface area contributed by atoms with Gasteiger partial charge in [-0.1, -0.05) is 12.1 Å². The van der Waals surface area contributed by atoms with Gasteiger partial charge in [-0.15, -0.1) is 0 Å². The first-order chi connectivity index (χ1) is 17.8. The van der Waals surface area contributed by atoms with E-state index in [0.29, 0.717) is 53.0 Å². The Balaban J connectivity index is 1.41. The van der Waals surface area contributed by atoms with Crippen molar-refractivity contribution in [2.45, 2.75) is 19.4 Å². The summed E-state index contributed by atoms with van der Waals surface area (Å²) in [5, 5.41) is 20.0. The largest absolute Gasteiger partial charge is 0.508 e. The molecule has 1 fully saturated rings. The number of fused-ring (bicyclic) bond motifs is 1. The number of likely N-dealkylation sites (tertiary alicyclic amines) is 1. The zero-order chi connectivity index (χ0) is 26.1. The number of aromatic hydroxyl groups is 2. The van der Waals surface area contributed by atoms with Crippen molar-refractivity contribution in [1.82, 2.24) is 4.90 Å². The highest BCUT2D eigenvalue weighted by Gasteiger charge is 2.32. The zero-order valence-electron chi connectivity index (χ0n) is 20.4. The number of hydrogen-bond donors (Lipinski definition) is 2. The Morgan fingerprint density at radius 2 is 1.78 bits per heavy atom. The molecule has 2 heterocycles. The van der Waals surface area contributed by atoms with Crippen LogP contribution in [0.25, 0.3) is 11.1 Å². The van der Waals surface area contributed by atoms with Gasteiger partial charge in [0.15, 0.2) is 11.6 Å². The number of halogens is 3. The molecule has 0 spiro atoms. The minimum atomic E-state index is -1.05. The Labute approximate surface area is 213 Å². The van der Waals surface area contributed by atoms with Crippen molar-refractivity contribution in [2.24, 2.45) is 5.92 Å². The number of nitrogens with zero attached hydrogens (tertiary/aromatic N) is 1. The quantitative estimate of drug-likeness (QED) is 0.401. The Bertz CT molecular complexity index is 1330. The maximum absolute atomic E-state index is 15.0. The van der Waals surface area contributed by atoms with E-state index in [1.807, 2.05) is 12.1 Å². The molecule has 2 aliphatic rings. The summed E-state index contributed by atoms with van der Waals surface area (Å²) in [6, 6.07) is 13.6. The molecule has 0 bridgehead atoms. The summed E-state index contributed by atoms with van der Waals surface area (Å²) in [4.78, 5) is 2.19. The van der Waals surface area contributed by atoms with E-state index in [0.717, 1.165) is 25.6 Å². The summed E-state index contributed by atoms with van der Waals surface area (Å²) < 4.78 is 53.8. The number of benzene rings is 3. The van der Waals surface area contributed by atoms with Crippen molar-refractivity contribution in [3.63, 3.8) is 0 Å². The molecule has 5 rings (SSSR count). The molecule has 2 atom stereocenters. The maximum atomic E-state index is 15.0. The minimum absolute atomic E-state index is 0.00733. The van der Waals surface area contributed by atoms with Crippen LogP contribution in [0.4, 0.5) is 13.2 Å². The normalized spacial score (nSPS) is 19.6. The second kappa shape index (κ2) is 10.4. The van der Waals surface area contributed by atoms with Gasteiger partial charge < -0.3 is 19.7 Å². The first kappa shape index (κ1) is 25.0. The highest BCUT2D eigenvalue weighted by molar-refractivity contribution is 5.96. The standard InChI is InChI=1S/C29H28F3NO4/c1-17-22-12-20(34)4-7-27(22)37-29(28(17)23-13-26(35)25(32)14-24(23)31)19-2-5-21(6-3-19)36-11-10-33-9-8-18(15-30)16-33/h2-7,12-14,18,29,34-35H,8-11,15-16H2,1H3/t18-,29?/m0/s1. The van der Waals surface area contributed by atoms with Gasteiger partial charge in [0.25, 0.3) is 0 Å². The molecule has 0 aromatic heterocycles. The van der Waals surface area contributed by atoms with Crippen LogP contribution in [0.3, 0.4) is 0 Å². The summed E-state index contributed by atoms with van der Waals surface area (Å²) in [6.07, 6.45) is 0.115. The molecule has 3 aromatic carbocycles. The number of ether oxygens (including phenoxy) is 2. The number of rotatable bonds is 7. The van der Waals surface area contributed by atoms with Crippen LogP contribution < -0.4 is 9.47 Å². The summed E-state index contributed by atoms with van der Waals surface area (Å²) in [5.41, 5.74) is 2.33. The molecule has 3 aromatic rings. The third-order valence-corrected chi connectivity index (χ3v) is 7.05. The van der Waals surface area contributed by atoms with Crippen LogP contribution in [-0.4, -0.2) is 48.0 Å². The fourth-order valence-electron chi connectivity index (χ4n) is 5.04. The Morgan fingerprint density at radius 1 is 1.00 bits per heavy atom. The molecule has 1 unspecified atom stereocenters. The highest BCUT2D eigenvalue weighted by atomic mass is 19.1. The molecule has 194 valence electrons. The lowest BCUT2D eigenvalue weighted by atomic mass is 9.85. The Morgan fingerprint density at radius 3 is 2.51 bits per heavy atom. The Kier molecular flexibility index (Phi) is 7.02. The van der Waals surface area contributed by atoms with Gasteiger partial charge in [-0.25, -0.2) is 8.78 Å². The molecular formula is C29H28F3NO4. The SMILES string of the molecule is CC1=C(c2cc(O)c(F)cc2F)C(c2ccc(OCCN3CC[C@@H](CF)C3)cc2)Oc2ccc(O)cc21. The minimum Gasteiger partial charge on any atom is -0.508 e. The highest BCUT2D eigenvalue weighted by Crippen LogP contribution is 2.48. The van der Waals surface area contributed by atoms with Crippen LogP contribution in [0.15, 0.2) is 54.6 Å². The molecule has 0 aliphatic carbocycles. The lowest BCUT2D eigenvalue weighted by Crippen LogP contribution is -2.26. The van der Waals surface area contributed by atoms with Crippen molar-refractivity contribution in [3.8, 4) is 23.0 Å². The number of alkyl halides is 1. The van der Waals surface area contributed by atoms with Gasteiger partial charge in [-0.2, -0.15) is 0 Å². The van der Waals surface area contributed by atoms with Crippen LogP contribution in [0.2, 0.25) is 0 Å². The number of phenolic OH excluding ortho intramolecular Hbond substituents is 2. The third-order valence-electron chi connectivity index (χ3n) is 7.05. The van der Waals surface area contributed by atoms with Crippen LogP contribution in [0.1, 0.15) is 36.1 Å². The predicted molar refractivity (Wildman–Crippen MR) is 134 cm³/mol. The average Bonchev–Trinajstić information content (AvgIpc) is 3.35. The summed E-state index contributed by atoms with van der Waals surface area (Å²) >= 11 is 0. The monoisotopic (exact) mass is 511 g/mol. The molecule has 37 heavy (non-hydrogen) atoms. The number of phenols is 2. The van der Waals surface area contributed by atoms with E-state index in [4.69, 9.17) is 9.47 Å². The van der Waals surface area contributed by atoms with Crippen LogP contribution >= 0.6 is 0 Å². The van der Waals surface area contributed by atoms with E-state index in [2.05, 4.69) is 4.90 Å². The lowest BCUT2D eigenvalue weighted by Gasteiger charge is -2.31. The molecule has 8 heteroatoms. The van der Waals surface area contributed by atoms with Gasteiger partial charge in [0, 0.05) is 41.8 Å². The predicted octanol–water partition coefficient (Wildman–Crippen LogP) is 6.11. The van der Waals surface area contributed by atoms with Crippen LogP contribution in [-0.2, 0) is 0 Å². The fourth-order valence-corrected chi connectivity index (χ4v) is 5.04. The number of allylic oxidation sites excluding steroid dienone is 1. The zero-order valence-corrected chi connectivity index (χ0v) is 20.4. The van der Waals surface area contributed by atoms with E-state index in [-0.39, 0.29) is 23.9 Å². The first-order valence-electron chi connectivity index (χ1n) is 12.2. The van der Waals surface area contributed by atoms with Gasteiger partial charge in [-0.3, -0.25) is 9.29 Å². The van der Waals surface area contributed by atoms with Gasteiger partial charge >= 0.3 is 0 Å². The molecule has 0 amide bonds.